The van der Waals surface area contributed by atoms with Crippen molar-refractivity contribution in [1.29, 1.82) is 0 Å². The van der Waals surface area contributed by atoms with E-state index in [1.54, 1.807) is 0 Å². The highest BCUT2D eigenvalue weighted by atomic mass is 14.9. The highest BCUT2D eigenvalue weighted by molar-refractivity contribution is 5.32. The Kier molecular flexibility index (Phi) is 5.20. The molecule has 1 heteroatoms. The summed E-state index contributed by atoms with van der Waals surface area (Å²) in [4.78, 5) is 0. The predicted molar refractivity (Wildman–Crippen MR) is 76.4 cm³/mol. The van der Waals surface area contributed by atoms with E-state index >= 15 is 0 Å². The quantitative estimate of drug-likeness (QED) is 0.795. The molecule has 2 unspecified atom stereocenters. The van der Waals surface area contributed by atoms with E-state index in [0.29, 0.717) is 12.1 Å². The van der Waals surface area contributed by atoms with Crippen molar-refractivity contribution >= 4 is 0 Å². The first kappa shape index (κ1) is 14.2. The Labute approximate surface area is 107 Å². The van der Waals surface area contributed by atoms with Crippen molar-refractivity contribution in [3.63, 3.8) is 0 Å². The molecule has 1 aromatic rings. The SMILES string of the molecule is Cc1ccc(C)c(C(C)NC(C)CC(C)C)c1. The zero-order valence-corrected chi connectivity index (χ0v) is 12.2. The summed E-state index contributed by atoms with van der Waals surface area (Å²) in [7, 11) is 0. The summed E-state index contributed by atoms with van der Waals surface area (Å²) < 4.78 is 0. The lowest BCUT2D eigenvalue weighted by atomic mass is 9.98. The Bertz CT molecular complexity index is 355. The van der Waals surface area contributed by atoms with E-state index in [2.05, 4.69) is 65.1 Å². The van der Waals surface area contributed by atoms with Gasteiger partial charge in [0.25, 0.3) is 0 Å². The van der Waals surface area contributed by atoms with E-state index in [-0.39, 0.29) is 0 Å². The third kappa shape index (κ3) is 4.51. The van der Waals surface area contributed by atoms with Crippen LogP contribution in [-0.4, -0.2) is 6.04 Å². The van der Waals surface area contributed by atoms with Gasteiger partial charge in [-0.05, 0) is 51.2 Å². The third-order valence-corrected chi connectivity index (χ3v) is 3.26. The van der Waals surface area contributed by atoms with Crippen LogP contribution in [0.15, 0.2) is 18.2 Å². The highest BCUT2D eigenvalue weighted by Crippen LogP contribution is 2.20. The molecule has 1 N–H and O–H groups in total. The van der Waals surface area contributed by atoms with Crippen LogP contribution >= 0.6 is 0 Å². The van der Waals surface area contributed by atoms with Gasteiger partial charge in [-0.15, -0.1) is 0 Å². The van der Waals surface area contributed by atoms with Crippen LogP contribution in [0.5, 0.6) is 0 Å². The molecule has 0 spiro atoms. The molecule has 0 fully saturated rings. The van der Waals surface area contributed by atoms with E-state index in [4.69, 9.17) is 0 Å². The van der Waals surface area contributed by atoms with Crippen molar-refractivity contribution in [3.8, 4) is 0 Å². The molecule has 0 heterocycles. The van der Waals surface area contributed by atoms with Gasteiger partial charge in [-0.2, -0.15) is 0 Å². The highest BCUT2D eigenvalue weighted by Gasteiger charge is 2.12. The molecule has 0 radical (unpaired) electrons. The smallest absolute Gasteiger partial charge is 0.0296 e. The molecule has 0 aliphatic rings. The Balaban J connectivity index is 2.69. The van der Waals surface area contributed by atoms with Crippen molar-refractivity contribution in [2.75, 3.05) is 0 Å². The van der Waals surface area contributed by atoms with E-state index in [1.165, 1.54) is 23.1 Å². The first-order valence-corrected chi connectivity index (χ1v) is 6.73. The molecule has 96 valence electrons. The van der Waals surface area contributed by atoms with Gasteiger partial charge in [0.15, 0.2) is 0 Å². The Hall–Kier alpha value is -0.820. The zero-order chi connectivity index (χ0) is 13.0. The second-order valence-corrected chi connectivity index (χ2v) is 5.78. The molecule has 0 aliphatic heterocycles. The minimum absolute atomic E-state index is 0.434. The van der Waals surface area contributed by atoms with E-state index in [1.807, 2.05) is 0 Å². The first-order valence-electron chi connectivity index (χ1n) is 6.73. The summed E-state index contributed by atoms with van der Waals surface area (Å²) in [5.41, 5.74) is 4.16. The molecule has 0 aromatic heterocycles. The fourth-order valence-corrected chi connectivity index (χ4v) is 2.52. The Morgan fingerprint density at radius 1 is 1.06 bits per heavy atom. The van der Waals surface area contributed by atoms with E-state index < -0.39 is 0 Å². The van der Waals surface area contributed by atoms with Crippen LogP contribution in [-0.2, 0) is 0 Å². The summed E-state index contributed by atoms with van der Waals surface area (Å²) in [6.07, 6.45) is 1.23. The molecule has 1 aromatic carbocycles. The second kappa shape index (κ2) is 6.20. The summed E-state index contributed by atoms with van der Waals surface area (Å²) in [5.74, 6) is 0.753. The van der Waals surface area contributed by atoms with E-state index in [9.17, 15) is 0 Å². The number of nitrogens with one attached hydrogen (secondary N) is 1. The average Bonchev–Trinajstić information content (AvgIpc) is 2.20. The van der Waals surface area contributed by atoms with Gasteiger partial charge in [-0.3, -0.25) is 0 Å². The maximum Gasteiger partial charge on any atom is 0.0296 e. The van der Waals surface area contributed by atoms with Gasteiger partial charge in [0, 0.05) is 12.1 Å². The largest absolute Gasteiger partial charge is 0.308 e. The fourth-order valence-electron chi connectivity index (χ4n) is 2.52. The fraction of sp³-hybridized carbons (Fsp3) is 0.625. The van der Waals surface area contributed by atoms with Crippen molar-refractivity contribution in [3.05, 3.63) is 34.9 Å². The Morgan fingerprint density at radius 2 is 1.71 bits per heavy atom. The summed E-state index contributed by atoms with van der Waals surface area (Å²) in [6.45, 7) is 13.5. The topological polar surface area (TPSA) is 12.0 Å². The summed E-state index contributed by atoms with van der Waals surface area (Å²) in [6, 6.07) is 7.71. The normalized spacial score (nSPS) is 15.0. The van der Waals surface area contributed by atoms with Crippen molar-refractivity contribution < 1.29 is 0 Å². The van der Waals surface area contributed by atoms with Gasteiger partial charge in [0.2, 0.25) is 0 Å². The van der Waals surface area contributed by atoms with Crippen LogP contribution in [0, 0.1) is 19.8 Å². The van der Waals surface area contributed by atoms with E-state index in [0.717, 1.165) is 5.92 Å². The van der Waals surface area contributed by atoms with Gasteiger partial charge in [-0.1, -0.05) is 37.6 Å². The van der Waals surface area contributed by atoms with Gasteiger partial charge < -0.3 is 5.32 Å². The summed E-state index contributed by atoms with van der Waals surface area (Å²) >= 11 is 0. The van der Waals surface area contributed by atoms with Crippen LogP contribution < -0.4 is 5.32 Å². The van der Waals surface area contributed by atoms with Gasteiger partial charge in [0.05, 0.1) is 0 Å². The molecular formula is C16H27N. The molecule has 0 amide bonds. The van der Waals surface area contributed by atoms with Crippen LogP contribution in [0.25, 0.3) is 0 Å². The Morgan fingerprint density at radius 3 is 2.29 bits per heavy atom. The molecule has 1 rings (SSSR count). The minimum Gasteiger partial charge on any atom is -0.308 e. The van der Waals surface area contributed by atoms with Crippen molar-refractivity contribution in [1.82, 2.24) is 5.32 Å². The number of hydrogen-bond acceptors (Lipinski definition) is 1. The van der Waals surface area contributed by atoms with Crippen molar-refractivity contribution in [2.45, 2.75) is 60.0 Å². The monoisotopic (exact) mass is 233 g/mol. The van der Waals surface area contributed by atoms with Gasteiger partial charge >= 0.3 is 0 Å². The number of benzene rings is 1. The molecule has 0 aliphatic carbocycles. The standard InChI is InChI=1S/C16H27N/c1-11(2)9-14(5)17-15(6)16-10-12(3)7-8-13(16)4/h7-8,10-11,14-15,17H,9H2,1-6H3. The lowest BCUT2D eigenvalue weighted by Gasteiger charge is -2.23. The number of rotatable bonds is 5. The molecule has 2 atom stereocenters. The molecule has 0 saturated heterocycles. The van der Waals surface area contributed by atoms with Gasteiger partial charge in [0.1, 0.15) is 0 Å². The maximum absolute atomic E-state index is 3.70. The third-order valence-electron chi connectivity index (χ3n) is 3.26. The van der Waals surface area contributed by atoms with Crippen LogP contribution in [0.1, 0.15) is 56.8 Å². The molecule has 17 heavy (non-hydrogen) atoms. The average molecular weight is 233 g/mol. The maximum atomic E-state index is 3.70. The predicted octanol–water partition coefficient (Wildman–Crippen LogP) is 4.39. The number of aryl methyl sites for hydroxylation is 2. The first-order chi connectivity index (χ1) is 7.90. The van der Waals surface area contributed by atoms with Crippen molar-refractivity contribution in [2.24, 2.45) is 5.92 Å². The second-order valence-electron chi connectivity index (χ2n) is 5.78. The molecular weight excluding hydrogens is 206 g/mol. The molecule has 0 saturated carbocycles. The van der Waals surface area contributed by atoms with Crippen LogP contribution in [0.3, 0.4) is 0 Å². The van der Waals surface area contributed by atoms with Crippen LogP contribution in [0.2, 0.25) is 0 Å². The van der Waals surface area contributed by atoms with Gasteiger partial charge in [-0.25, -0.2) is 0 Å². The van der Waals surface area contributed by atoms with Crippen LogP contribution in [0.4, 0.5) is 0 Å². The lowest BCUT2D eigenvalue weighted by molar-refractivity contribution is 0.406. The number of hydrogen-bond donors (Lipinski definition) is 1. The molecule has 0 bridgehead atoms. The summed E-state index contributed by atoms with van der Waals surface area (Å²) in [5, 5.41) is 3.70. The minimum atomic E-state index is 0.434. The lowest BCUT2D eigenvalue weighted by Crippen LogP contribution is -2.30. The molecule has 1 nitrogen and oxygen atoms in total. The zero-order valence-electron chi connectivity index (χ0n) is 12.2.